The van der Waals surface area contributed by atoms with Gasteiger partial charge in [0.25, 0.3) is 0 Å². The first-order valence-corrected chi connectivity index (χ1v) is 4.22. The predicted molar refractivity (Wildman–Crippen MR) is 49.5 cm³/mol. The minimum absolute atomic E-state index is 0.144. The first kappa shape index (κ1) is 9.23. The predicted octanol–water partition coefficient (Wildman–Crippen LogP) is 1.90. The molecule has 0 saturated carbocycles. The van der Waals surface area contributed by atoms with Gasteiger partial charge in [-0.1, -0.05) is 30.3 Å². The largest absolute Gasteiger partial charge is 0.302 e. The summed E-state index contributed by atoms with van der Waals surface area (Å²) >= 11 is 0. The maximum Gasteiger partial charge on any atom is 0.0762 e. The van der Waals surface area contributed by atoms with Gasteiger partial charge in [-0.15, -0.1) is 0 Å². The summed E-state index contributed by atoms with van der Waals surface area (Å²) in [5.41, 5.74) is 1.33. The Balaban J connectivity index is 2.33. The molecule has 2 N–H and O–H groups in total. The average Bonchev–Trinajstić information content (AvgIpc) is 2.16. The van der Waals surface area contributed by atoms with E-state index in [1.54, 1.807) is 0 Å². The number of nitrogens with two attached hydrogens (primary N) is 1. The standard InChI is InChI=1S/C10H15NO/c1-9(12-11)7-8-10-5-3-2-4-6-10/h2-6,9H,7-8,11H2,1H3. The van der Waals surface area contributed by atoms with E-state index in [0.29, 0.717) is 0 Å². The van der Waals surface area contributed by atoms with Gasteiger partial charge in [-0.25, -0.2) is 5.90 Å². The molecule has 2 heteroatoms. The Morgan fingerprint density at radius 3 is 2.58 bits per heavy atom. The highest BCUT2D eigenvalue weighted by atomic mass is 16.6. The fourth-order valence-electron chi connectivity index (χ4n) is 1.08. The summed E-state index contributed by atoms with van der Waals surface area (Å²) < 4.78 is 0. The molecule has 1 atom stereocenters. The van der Waals surface area contributed by atoms with Crippen LogP contribution in [0.5, 0.6) is 0 Å². The average molecular weight is 165 g/mol. The minimum atomic E-state index is 0.144. The Morgan fingerprint density at radius 1 is 1.33 bits per heavy atom. The number of benzene rings is 1. The Kier molecular flexibility index (Phi) is 3.77. The highest BCUT2D eigenvalue weighted by molar-refractivity contribution is 5.14. The molecule has 0 aliphatic rings. The third kappa shape index (κ3) is 3.03. The van der Waals surface area contributed by atoms with Crippen LogP contribution >= 0.6 is 0 Å². The van der Waals surface area contributed by atoms with Crippen molar-refractivity contribution in [2.45, 2.75) is 25.9 Å². The molecule has 0 spiro atoms. The third-order valence-corrected chi connectivity index (χ3v) is 1.91. The zero-order valence-corrected chi connectivity index (χ0v) is 7.36. The summed E-state index contributed by atoms with van der Waals surface area (Å²) in [6.45, 7) is 1.98. The quantitative estimate of drug-likeness (QED) is 0.691. The lowest BCUT2D eigenvalue weighted by Gasteiger charge is -2.07. The van der Waals surface area contributed by atoms with E-state index in [1.165, 1.54) is 5.56 Å². The Morgan fingerprint density at radius 2 is 2.00 bits per heavy atom. The van der Waals surface area contributed by atoms with Gasteiger partial charge in [0.2, 0.25) is 0 Å². The van der Waals surface area contributed by atoms with Gasteiger partial charge < -0.3 is 4.84 Å². The van der Waals surface area contributed by atoms with Crippen LogP contribution in [0.2, 0.25) is 0 Å². The van der Waals surface area contributed by atoms with Crippen molar-refractivity contribution in [3.05, 3.63) is 35.9 Å². The van der Waals surface area contributed by atoms with Gasteiger partial charge in [-0.05, 0) is 25.3 Å². The molecule has 1 unspecified atom stereocenters. The van der Waals surface area contributed by atoms with Crippen LogP contribution in [0, 0.1) is 0 Å². The van der Waals surface area contributed by atoms with Crippen molar-refractivity contribution in [2.24, 2.45) is 5.90 Å². The van der Waals surface area contributed by atoms with Gasteiger partial charge in [0, 0.05) is 0 Å². The summed E-state index contributed by atoms with van der Waals surface area (Å²) in [5, 5.41) is 0. The lowest BCUT2D eigenvalue weighted by atomic mass is 10.1. The first-order chi connectivity index (χ1) is 5.83. The number of hydrogen-bond donors (Lipinski definition) is 1. The van der Waals surface area contributed by atoms with Gasteiger partial charge >= 0.3 is 0 Å². The van der Waals surface area contributed by atoms with Crippen molar-refractivity contribution in [1.82, 2.24) is 0 Å². The number of aryl methyl sites for hydroxylation is 1. The van der Waals surface area contributed by atoms with Gasteiger partial charge in [0.1, 0.15) is 0 Å². The second kappa shape index (κ2) is 4.91. The van der Waals surface area contributed by atoms with Crippen molar-refractivity contribution >= 4 is 0 Å². The fraction of sp³-hybridized carbons (Fsp3) is 0.400. The lowest BCUT2D eigenvalue weighted by Crippen LogP contribution is -2.13. The molecule has 66 valence electrons. The van der Waals surface area contributed by atoms with E-state index in [9.17, 15) is 0 Å². The molecule has 0 aliphatic heterocycles. The molecule has 0 aliphatic carbocycles. The topological polar surface area (TPSA) is 35.2 Å². The van der Waals surface area contributed by atoms with Crippen molar-refractivity contribution in [3.8, 4) is 0 Å². The summed E-state index contributed by atoms with van der Waals surface area (Å²) in [6.07, 6.45) is 2.14. The van der Waals surface area contributed by atoms with E-state index in [1.807, 2.05) is 25.1 Å². The Hall–Kier alpha value is -0.860. The van der Waals surface area contributed by atoms with Crippen molar-refractivity contribution in [3.63, 3.8) is 0 Å². The fourth-order valence-corrected chi connectivity index (χ4v) is 1.08. The van der Waals surface area contributed by atoms with Crippen molar-refractivity contribution in [2.75, 3.05) is 0 Å². The van der Waals surface area contributed by atoms with Crippen LogP contribution in [0.4, 0.5) is 0 Å². The van der Waals surface area contributed by atoms with Crippen molar-refractivity contribution in [1.29, 1.82) is 0 Å². The Labute approximate surface area is 73.3 Å². The molecule has 1 rings (SSSR count). The Bertz CT molecular complexity index is 210. The highest BCUT2D eigenvalue weighted by Crippen LogP contribution is 2.05. The molecule has 12 heavy (non-hydrogen) atoms. The second-order valence-electron chi connectivity index (χ2n) is 2.97. The van der Waals surface area contributed by atoms with Gasteiger partial charge in [0.05, 0.1) is 6.10 Å². The third-order valence-electron chi connectivity index (χ3n) is 1.91. The first-order valence-electron chi connectivity index (χ1n) is 4.22. The highest BCUT2D eigenvalue weighted by Gasteiger charge is 1.99. The molecule has 0 saturated heterocycles. The van der Waals surface area contributed by atoms with E-state index in [-0.39, 0.29) is 6.10 Å². The zero-order chi connectivity index (χ0) is 8.81. The normalized spacial score (nSPS) is 12.8. The monoisotopic (exact) mass is 165 g/mol. The molecule has 0 radical (unpaired) electrons. The molecule has 0 fully saturated rings. The molecular weight excluding hydrogens is 150 g/mol. The van der Waals surface area contributed by atoms with Crippen LogP contribution in [0.3, 0.4) is 0 Å². The molecule has 0 bridgehead atoms. The van der Waals surface area contributed by atoms with Crippen LogP contribution in [0.1, 0.15) is 18.9 Å². The van der Waals surface area contributed by atoms with E-state index < -0.39 is 0 Å². The number of rotatable bonds is 4. The van der Waals surface area contributed by atoms with E-state index in [0.717, 1.165) is 12.8 Å². The van der Waals surface area contributed by atoms with Crippen LogP contribution in [-0.4, -0.2) is 6.10 Å². The van der Waals surface area contributed by atoms with Gasteiger partial charge in [-0.3, -0.25) is 0 Å². The van der Waals surface area contributed by atoms with Crippen LogP contribution in [0.25, 0.3) is 0 Å². The smallest absolute Gasteiger partial charge is 0.0762 e. The van der Waals surface area contributed by atoms with Crippen LogP contribution in [0.15, 0.2) is 30.3 Å². The molecule has 1 aromatic carbocycles. The summed E-state index contributed by atoms with van der Waals surface area (Å²) in [6, 6.07) is 10.3. The van der Waals surface area contributed by atoms with Crippen LogP contribution < -0.4 is 5.90 Å². The maximum atomic E-state index is 5.04. The number of hydrogen-bond acceptors (Lipinski definition) is 2. The van der Waals surface area contributed by atoms with E-state index >= 15 is 0 Å². The summed E-state index contributed by atoms with van der Waals surface area (Å²) in [5.74, 6) is 5.04. The minimum Gasteiger partial charge on any atom is -0.302 e. The molecule has 0 amide bonds. The van der Waals surface area contributed by atoms with Crippen molar-refractivity contribution < 1.29 is 4.84 Å². The van der Waals surface area contributed by atoms with Gasteiger partial charge in [-0.2, -0.15) is 0 Å². The van der Waals surface area contributed by atoms with Gasteiger partial charge in [0.15, 0.2) is 0 Å². The SMILES string of the molecule is CC(CCc1ccccc1)ON. The lowest BCUT2D eigenvalue weighted by molar-refractivity contribution is 0.0610. The zero-order valence-electron chi connectivity index (χ0n) is 7.36. The summed E-state index contributed by atoms with van der Waals surface area (Å²) in [4.78, 5) is 4.67. The second-order valence-corrected chi connectivity index (χ2v) is 2.97. The molecule has 0 aromatic heterocycles. The van der Waals surface area contributed by atoms with Crippen LogP contribution in [-0.2, 0) is 11.3 Å². The maximum absolute atomic E-state index is 5.04. The molecule has 2 nitrogen and oxygen atoms in total. The molecule has 0 heterocycles. The summed E-state index contributed by atoms with van der Waals surface area (Å²) in [7, 11) is 0. The van der Waals surface area contributed by atoms with E-state index in [4.69, 9.17) is 5.90 Å². The molecule has 1 aromatic rings. The van der Waals surface area contributed by atoms with E-state index in [2.05, 4.69) is 17.0 Å². The molecular formula is C10H15NO.